The Balaban J connectivity index is 1.52. The number of hydrogen-bond donors (Lipinski definition) is 2. The maximum Gasteiger partial charge on any atom is 0.257 e. The van der Waals surface area contributed by atoms with Crippen LogP contribution in [0.25, 0.3) is 11.3 Å². The van der Waals surface area contributed by atoms with Gasteiger partial charge in [-0.2, -0.15) is 5.10 Å². The van der Waals surface area contributed by atoms with Crippen LogP contribution in [-0.2, 0) is 4.79 Å². The number of halogens is 1. The monoisotopic (exact) mass is 371 g/mol. The van der Waals surface area contributed by atoms with Gasteiger partial charge in [0.25, 0.3) is 5.91 Å². The fourth-order valence-corrected chi connectivity index (χ4v) is 3.86. The number of amides is 2. The average Bonchev–Trinajstić information content (AvgIpc) is 3.18. The second-order valence-corrected chi connectivity index (χ2v) is 6.98. The molecule has 2 fully saturated rings. The molecule has 2 aliphatic rings. The predicted molar refractivity (Wildman–Crippen MR) is 97.5 cm³/mol. The summed E-state index contributed by atoms with van der Waals surface area (Å²) in [4.78, 5) is 29.0. The minimum absolute atomic E-state index is 0.0541. The third-order valence-electron chi connectivity index (χ3n) is 5.25. The highest BCUT2D eigenvalue weighted by atomic mass is 19.1. The molecule has 2 saturated heterocycles. The van der Waals surface area contributed by atoms with E-state index in [1.54, 1.807) is 17.0 Å². The van der Waals surface area contributed by atoms with Crippen molar-refractivity contribution in [2.75, 3.05) is 32.7 Å². The van der Waals surface area contributed by atoms with Crippen LogP contribution in [0.3, 0.4) is 0 Å². The Hall–Kier alpha value is -2.74. The number of nitrogens with one attached hydrogen (secondary N) is 2. The van der Waals surface area contributed by atoms with Gasteiger partial charge in [0.1, 0.15) is 5.82 Å². The molecule has 1 atom stereocenters. The van der Waals surface area contributed by atoms with Crippen LogP contribution in [0.5, 0.6) is 0 Å². The van der Waals surface area contributed by atoms with E-state index < -0.39 is 0 Å². The van der Waals surface area contributed by atoms with E-state index in [9.17, 15) is 14.0 Å². The SMILES string of the molecule is O=C(c1cn[nH]c1-c1ccc(F)cc1)N1CCCC(N2CCNCC2=O)C1. The summed E-state index contributed by atoms with van der Waals surface area (Å²) in [6.07, 6.45) is 3.28. The van der Waals surface area contributed by atoms with Crippen molar-refractivity contribution in [1.29, 1.82) is 0 Å². The van der Waals surface area contributed by atoms with Crippen molar-refractivity contribution < 1.29 is 14.0 Å². The van der Waals surface area contributed by atoms with Gasteiger partial charge in [-0.15, -0.1) is 0 Å². The molecule has 8 heteroatoms. The Kier molecular flexibility index (Phi) is 4.89. The van der Waals surface area contributed by atoms with Crippen molar-refractivity contribution in [3.63, 3.8) is 0 Å². The number of H-pyrrole nitrogens is 1. The van der Waals surface area contributed by atoms with Gasteiger partial charge in [-0.25, -0.2) is 4.39 Å². The summed E-state index contributed by atoms with van der Waals surface area (Å²) in [5, 5.41) is 9.95. The van der Waals surface area contributed by atoms with Crippen LogP contribution in [0.4, 0.5) is 4.39 Å². The number of piperazine rings is 1. The Bertz CT molecular complexity index is 835. The normalized spacial score (nSPS) is 20.8. The lowest BCUT2D eigenvalue weighted by atomic mass is 10.0. The molecule has 0 bridgehead atoms. The maximum atomic E-state index is 13.2. The fraction of sp³-hybridized carbons (Fsp3) is 0.421. The number of carbonyl (C=O) groups excluding carboxylic acids is 2. The van der Waals surface area contributed by atoms with Crippen LogP contribution in [-0.4, -0.2) is 70.6 Å². The van der Waals surface area contributed by atoms with Crippen molar-refractivity contribution in [3.05, 3.63) is 41.8 Å². The molecule has 1 aromatic carbocycles. The summed E-state index contributed by atoms with van der Waals surface area (Å²) >= 11 is 0. The molecule has 2 aromatic rings. The zero-order chi connectivity index (χ0) is 18.8. The van der Waals surface area contributed by atoms with Gasteiger partial charge in [-0.3, -0.25) is 14.7 Å². The number of benzene rings is 1. The van der Waals surface area contributed by atoms with E-state index in [4.69, 9.17) is 0 Å². The van der Waals surface area contributed by atoms with Gasteiger partial charge < -0.3 is 15.1 Å². The average molecular weight is 371 g/mol. The van der Waals surface area contributed by atoms with Crippen LogP contribution in [0.1, 0.15) is 23.2 Å². The van der Waals surface area contributed by atoms with Gasteiger partial charge in [0.15, 0.2) is 0 Å². The Morgan fingerprint density at radius 3 is 2.81 bits per heavy atom. The van der Waals surface area contributed by atoms with Gasteiger partial charge in [-0.05, 0) is 37.1 Å². The summed E-state index contributed by atoms with van der Waals surface area (Å²) in [7, 11) is 0. The molecule has 2 amide bonds. The quantitative estimate of drug-likeness (QED) is 0.851. The number of hydrogen-bond acceptors (Lipinski definition) is 4. The van der Waals surface area contributed by atoms with Crippen LogP contribution >= 0.6 is 0 Å². The smallest absolute Gasteiger partial charge is 0.257 e. The maximum absolute atomic E-state index is 13.2. The highest BCUT2D eigenvalue weighted by Crippen LogP contribution is 2.25. The number of carbonyl (C=O) groups is 2. The molecule has 0 spiro atoms. The molecule has 142 valence electrons. The van der Waals surface area contributed by atoms with Gasteiger partial charge >= 0.3 is 0 Å². The number of aromatic amines is 1. The summed E-state index contributed by atoms with van der Waals surface area (Å²) < 4.78 is 13.2. The lowest BCUT2D eigenvalue weighted by Crippen LogP contribution is -2.57. The molecule has 1 aromatic heterocycles. The first-order valence-corrected chi connectivity index (χ1v) is 9.22. The zero-order valence-corrected chi connectivity index (χ0v) is 14.9. The van der Waals surface area contributed by atoms with Crippen LogP contribution in [0.15, 0.2) is 30.5 Å². The first-order valence-electron chi connectivity index (χ1n) is 9.22. The Morgan fingerprint density at radius 1 is 1.22 bits per heavy atom. The Morgan fingerprint density at radius 2 is 2.04 bits per heavy atom. The molecular formula is C19H22FN5O2. The van der Waals surface area contributed by atoms with Gasteiger partial charge in [0, 0.05) is 37.8 Å². The fourth-order valence-electron chi connectivity index (χ4n) is 3.86. The topological polar surface area (TPSA) is 81.3 Å². The lowest BCUT2D eigenvalue weighted by Gasteiger charge is -2.41. The van der Waals surface area contributed by atoms with Crippen LogP contribution in [0, 0.1) is 5.82 Å². The second-order valence-electron chi connectivity index (χ2n) is 6.98. The van der Waals surface area contributed by atoms with E-state index in [1.165, 1.54) is 18.3 Å². The van der Waals surface area contributed by atoms with Gasteiger partial charge in [-0.1, -0.05) is 0 Å². The molecule has 2 N–H and O–H groups in total. The standard InChI is InChI=1S/C19H22FN5O2/c20-14-5-3-13(4-6-14)18-16(10-22-23-18)19(27)24-8-1-2-15(12-24)25-9-7-21-11-17(25)26/h3-6,10,15,21H,1-2,7-9,11-12H2,(H,22,23). The minimum atomic E-state index is -0.328. The van der Waals surface area contributed by atoms with Gasteiger partial charge in [0.05, 0.1) is 24.0 Å². The number of likely N-dealkylation sites (tertiary alicyclic amines) is 1. The van der Waals surface area contributed by atoms with Crippen molar-refractivity contribution in [3.8, 4) is 11.3 Å². The summed E-state index contributed by atoms with van der Waals surface area (Å²) in [5.41, 5.74) is 1.76. The zero-order valence-electron chi connectivity index (χ0n) is 14.9. The summed E-state index contributed by atoms with van der Waals surface area (Å²) in [6, 6.07) is 6.02. The van der Waals surface area contributed by atoms with Crippen molar-refractivity contribution in [2.45, 2.75) is 18.9 Å². The summed E-state index contributed by atoms with van der Waals surface area (Å²) in [5.74, 6) is -0.350. The molecule has 1 unspecified atom stereocenters. The minimum Gasteiger partial charge on any atom is -0.336 e. The molecular weight excluding hydrogens is 349 g/mol. The molecule has 0 radical (unpaired) electrons. The first-order chi connectivity index (χ1) is 13.1. The second kappa shape index (κ2) is 7.48. The molecule has 3 heterocycles. The van der Waals surface area contributed by atoms with E-state index in [-0.39, 0.29) is 23.7 Å². The van der Waals surface area contributed by atoms with Crippen molar-refractivity contribution in [1.82, 2.24) is 25.3 Å². The van der Waals surface area contributed by atoms with E-state index in [0.29, 0.717) is 43.0 Å². The molecule has 27 heavy (non-hydrogen) atoms. The first kappa shape index (κ1) is 17.7. The predicted octanol–water partition coefficient (Wildman–Crippen LogP) is 1.25. The molecule has 0 saturated carbocycles. The highest BCUT2D eigenvalue weighted by molar-refractivity contribution is 5.99. The number of nitrogens with zero attached hydrogens (tertiary/aromatic N) is 3. The lowest BCUT2D eigenvalue weighted by molar-refractivity contribution is -0.135. The van der Waals surface area contributed by atoms with Crippen molar-refractivity contribution in [2.24, 2.45) is 0 Å². The third kappa shape index (κ3) is 3.57. The van der Waals surface area contributed by atoms with Crippen molar-refractivity contribution >= 4 is 11.8 Å². The Labute approximate surface area is 156 Å². The van der Waals surface area contributed by atoms with Crippen LogP contribution in [0.2, 0.25) is 0 Å². The third-order valence-corrected chi connectivity index (χ3v) is 5.25. The van der Waals surface area contributed by atoms with E-state index in [2.05, 4.69) is 15.5 Å². The number of rotatable bonds is 3. The number of piperidine rings is 1. The summed E-state index contributed by atoms with van der Waals surface area (Å²) in [6.45, 7) is 3.01. The van der Waals surface area contributed by atoms with Crippen LogP contribution < -0.4 is 5.32 Å². The number of aromatic nitrogens is 2. The largest absolute Gasteiger partial charge is 0.336 e. The van der Waals surface area contributed by atoms with E-state index in [0.717, 1.165) is 19.4 Å². The van der Waals surface area contributed by atoms with Gasteiger partial charge in [0.2, 0.25) is 5.91 Å². The molecule has 0 aliphatic carbocycles. The molecule has 2 aliphatic heterocycles. The molecule has 7 nitrogen and oxygen atoms in total. The molecule has 4 rings (SSSR count). The van der Waals surface area contributed by atoms with E-state index in [1.807, 2.05) is 4.90 Å². The highest BCUT2D eigenvalue weighted by Gasteiger charge is 2.32. The van der Waals surface area contributed by atoms with E-state index >= 15 is 0 Å².